The Morgan fingerprint density at radius 2 is 1.94 bits per heavy atom. The Hall–Kier alpha value is -3.07. The van der Waals surface area contributed by atoms with Crippen LogP contribution in [0.25, 0.3) is 10.9 Å². The minimum Gasteiger partial charge on any atom is -0.497 e. The molecule has 36 heavy (non-hydrogen) atoms. The first kappa shape index (κ1) is 24.6. The normalized spacial score (nSPS) is 24.6. The van der Waals surface area contributed by atoms with Gasteiger partial charge in [-0.2, -0.15) is 0 Å². The summed E-state index contributed by atoms with van der Waals surface area (Å²) in [4.78, 5) is 42.0. The molecule has 0 bridgehead atoms. The fraction of sp³-hybridized carbons (Fsp3) is 0.593. The molecule has 0 radical (unpaired) electrons. The summed E-state index contributed by atoms with van der Waals surface area (Å²) in [6.07, 6.45) is 7.01. The van der Waals surface area contributed by atoms with Crippen LogP contribution in [0.15, 0.2) is 18.2 Å². The van der Waals surface area contributed by atoms with Gasteiger partial charge in [-0.15, -0.1) is 0 Å². The molecule has 2 N–H and O–H groups in total. The van der Waals surface area contributed by atoms with Crippen LogP contribution in [0.5, 0.6) is 5.75 Å². The van der Waals surface area contributed by atoms with Crippen LogP contribution in [-0.4, -0.2) is 65.1 Å². The van der Waals surface area contributed by atoms with Gasteiger partial charge in [-0.3, -0.25) is 14.4 Å². The van der Waals surface area contributed by atoms with E-state index >= 15 is 0 Å². The van der Waals surface area contributed by atoms with Gasteiger partial charge in [-0.1, -0.05) is 19.3 Å². The molecule has 3 aliphatic rings. The molecule has 2 unspecified atom stereocenters. The number of aromatic nitrogens is 1. The number of amides is 3. The zero-order chi connectivity index (χ0) is 25.4. The van der Waals surface area contributed by atoms with Crippen LogP contribution < -0.4 is 15.4 Å². The van der Waals surface area contributed by atoms with Crippen LogP contribution in [0, 0.1) is 0 Å². The molecule has 5 rings (SSSR count). The molecule has 2 aliphatic heterocycles. The molecule has 1 saturated carbocycles. The molecular formula is C27H36N4O5. The largest absolute Gasteiger partial charge is 0.497 e. The number of hydrogen-bond acceptors (Lipinski definition) is 5. The molecule has 9 heteroatoms. The second kappa shape index (κ2) is 9.76. The Morgan fingerprint density at radius 3 is 2.61 bits per heavy atom. The highest BCUT2D eigenvalue weighted by Gasteiger charge is 2.50. The Balaban J connectivity index is 1.61. The molecule has 1 aliphatic carbocycles. The number of anilines is 1. The van der Waals surface area contributed by atoms with Crippen molar-refractivity contribution in [2.75, 3.05) is 25.6 Å². The first-order chi connectivity index (χ1) is 17.3. The number of carbonyl (C=O) groups is 3. The maximum Gasteiger partial charge on any atom is 0.273 e. The fourth-order valence-corrected chi connectivity index (χ4v) is 5.95. The molecule has 2 aromatic rings. The summed E-state index contributed by atoms with van der Waals surface area (Å²) in [6, 6.07) is 5.66. The van der Waals surface area contributed by atoms with Crippen LogP contribution >= 0.6 is 0 Å². The topological polar surface area (TPSA) is 102 Å². The number of methoxy groups -OCH3 is 1. The van der Waals surface area contributed by atoms with E-state index in [1.165, 1.54) is 13.3 Å². The summed E-state index contributed by atoms with van der Waals surface area (Å²) in [5, 5.41) is 6.85. The highest BCUT2D eigenvalue weighted by molar-refractivity contribution is 6.14. The van der Waals surface area contributed by atoms with Crippen LogP contribution in [0.2, 0.25) is 0 Å². The lowest BCUT2D eigenvalue weighted by Gasteiger charge is -2.45. The molecular weight excluding hydrogens is 460 g/mol. The molecule has 9 nitrogen and oxygen atoms in total. The van der Waals surface area contributed by atoms with E-state index in [9.17, 15) is 14.4 Å². The zero-order valence-electron chi connectivity index (χ0n) is 21.4. The minimum atomic E-state index is -1.10. The molecule has 1 aromatic heterocycles. The molecule has 3 amide bonds. The van der Waals surface area contributed by atoms with E-state index in [0.29, 0.717) is 35.7 Å². The van der Waals surface area contributed by atoms with Crippen molar-refractivity contribution in [1.82, 2.24) is 14.8 Å². The third-order valence-corrected chi connectivity index (χ3v) is 7.92. The van der Waals surface area contributed by atoms with Crippen LogP contribution in [0.4, 0.5) is 5.69 Å². The zero-order valence-corrected chi connectivity index (χ0v) is 21.4. The summed E-state index contributed by atoms with van der Waals surface area (Å²) >= 11 is 0. The van der Waals surface area contributed by atoms with Crippen LogP contribution in [-0.2, 0) is 20.9 Å². The first-order valence-electron chi connectivity index (χ1n) is 13.0. The Bertz CT molecular complexity index is 1180. The van der Waals surface area contributed by atoms with Crippen molar-refractivity contribution in [3.05, 3.63) is 23.9 Å². The second-order valence-corrected chi connectivity index (χ2v) is 10.5. The summed E-state index contributed by atoms with van der Waals surface area (Å²) in [5.74, 6) is -0.0618. The molecule has 0 spiro atoms. The molecule has 194 valence electrons. The molecule has 1 saturated heterocycles. The van der Waals surface area contributed by atoms with Crippen molar-refractivity contribution in [1.29, 1.82) is 0 Å². The van der Waals surface area contributed by atoms with Gasteiger partial charge in [-0.05, 0) is 50.8 Å². The van der Waals surface area contributed by atoms with Crippen molar-refractivity contribution in [2.24, 2.45) is 0 Å². The van der Waals surface area contributed by atoms with Gasteiger partial charge in [0.15, 0.2) is 0 Å². The van der Waals surface area contributed by atoms with Gasteiger partial charge in [0, 0.05) is 31.5 Å². The summed E-state index contributed by atoms with van der Waals surface area (Å²) in [5.41, 5.74) is 0.506. The van der Waals surface area contributed by atoms with E-state index in [0.717, 1.165) is 44.0 Å². The van der Waals surface area contributed by atoms with Gasteiger partial charge in [-0.25, -0.2) is 0 Å². The fourth-order valence-electron chi connectivity index (χ4n) is 5.95. The number of fused-ring (bicyclic) bond motifs is 3. The molecule has 2 fully saturated rings. The average molecular weight is 497 g/mol. The quantitative estimate of drug-likeness (QED) is 0.638. The predicted octanol–water partition coefficient (Wildman–Crippen LogP) is 3.45. The highest BCUT2D eigenvalue weighted by Crippen LogP contribution is 2.40. The number of nitrogens with zero attached hydrogens (tertiary/aromatic N) is 2. The SMILES string of the molecule is COc1ccc2c(c1)c(NC(C)=O)c1n2CC(C)(C(=O)NC2CCCCC2)N(CC2CCCO2)C1=O. The Labute approximate surface area is 211 Å². The smallest absolute Gasteiger partial charge is 0.273 e. The van der Waals surface area contributed by atoms with Gasteiger partial charge in [0.05, 0.1) is 31.0 Å². The van der Waals surface area contributed by atoms with E-state index < -0.39 is 5.54 Å². The third-order valence-electron chi connectivity index (χ3n) is 7.92. The van der Waals surface area contributed by atoms with Gasteiger partial charge in [0.25, 0.3) is 5.91 Å². The van der Waals surface area contributed by atoms with Crippen molar-refractivity contribution in [3.63, 3.8) is 0 Å². The van der Waals surface area contributed by atoms with Crippen molar-refractivity contribution in [2.45, 2.75) is 83.0 Å². The standard InChI is InChI=1S/C27H36N4O5/c1-17(32)28-23-21-14-19(35-3)11-12-22(21)30-16-27(2,26(34)29-18-8-5-4-6-9-18)31(25(33)24(23)30)15-20-10-7-13-36-20/h11-12,14,18,20H,4-10,13,15-16H2,1-3H3,(H,28,32)(H,29,34). The van der Waals surface area contributed by atoms with Gasteiger partial charge >= 0.3 is 0 Å². The number of hydrogen-bond donors (Lipinski definition) is 2. The lowest BCUT2D eigenvalue weighted by atomic mass is 9.91. The predicted molar refractivity (Wildman–Crippen MR) is 136 cm³/mol. The lowest BCUT2D eigenvalue weighted by Crippen LogP contribution is -2.66. The number of nitrogens with one attached hydrogen (secondary N) is 2. The van der Waals surface area contributed by atoms with Crippen LogP contribution in [0.3, 0.4) is 0 Å². The maximum absolute atomic E-state index is 14.2. The van der Waals surface area contributed by atoms with E-state index in [1.807, 2.05) is 29.7 Å². The van der Waals surface area contributed by atoms with E-state index in [1.54, 1.807) is 12.0 Å². The van der Waals surface area contributed by atoms with Crippen LogP contribution in [0.1, 0.15) is 69.3 Å². The Morgan fingerprint density at radius 1 is 1.17 bits per heavy atom. The highest BCUT2D eigenvalue weighted by atomic mass is 16.5. The first-order valence-corrected chi connectivity index (χ1v) is 13.0. The monoisotopic (exact) mass is 496 g/mol. The third kappa shape index (κ3) is 4.34. The number of benzene rings is 1. The van der Waals surface area contributed by atoms with Crippen molar-refractivity contribution in [3.8, 4) is 5.75 Å². The summed E-state index contributed by atoms with van der Waals surface area (Å²) < 4.78 is 13.2. The molecule has 2 atom stereocenters. The van der Waals surface area contributed by atoms with Gasteiger partial charge < -0.3 is 29.6 Å². The Kier molecular flexibility index (Phi) is 6.68. The summed E-state index contributed by atoms with van der Waals surface area (Å²) in [7, 11) is 1.58. The maximum atomic E-state index is 14.2. The number of ether oxygens (including phenoxy) is 2. The van der Waals surface area contributed by atoms with Crippen molar-refractivity contribution >= 4 is 34.3 Å². The van der Waals surface area contributed by atoms with Gasteiger partial charge in [0.2, 0.25) is 11.8 Å². The minimum absolute atomic E-state index is 0.115. The van der Waals surface area contributed by atoms with Gasteiger partial charge in [0.1, 0.15) is 17.0 Å². The average Bonchev–Trinajstić information content (AvgIpc) is 3.48. The van der Waals surface area contributed by atoms with E-state index in [-0.39, 0.29) is 36.4 Å². The molecule has 3 heterocycles. The molecule has 1 aromatic carbocycles. The van der Waals surface area contributed by atoms with E-state index in [2.05, 4.69) is 10.6 Å². The summed E-state index contributed by atoms with van der Waals surface area (Å²) in [6.45, 7) is 4.55. The number of carbonyl (C=O) groups excluding carboxylic acids is 3. The van der Waals surface area contributed by atoms with E-state index in [4.69, 9.17) is 9.47 Å². The number of rotatable bonds is 6. The lowest BCUT2D eigenvalue weighted by molar-refractivity contribution is -0.134. The second-order valence-electron chi connectivity index (χ2n) is 10.5. The van der Waals surface area contributed by atoms with Crippen molar-refractivity contribution < 1.29 is 23.9 Å².